The molecule has 2 heterocycles. The number of anilines is 2. The molecular weight excluding hydrogens is 360 g/mol. The number of aldehydes is 1. The van der Waals surface area contributed by atoms with Gasteiger partial charge in [0.2, 0.25) is 0 Å². The number of likely N-dealkylation sites (tertiary alicyclic amines) is 1. The van der Waals surface area contributed by atoms with E-state index in [1.165, 1.54) is 48.4 Å². The number of carbonyl (C=O) groups is 1. The maximum Gasteiger partial charge on any atom is 0.120 e. The molecule has 3 rings (SSSR count). The van der Waals surface area contributed by atoms with Crippen molar-refractivity contribution in [1.82, 2.24) is 10.2 Å². The lowest BCUT2D eigenvalue weighted by Crippen LogP contribution is -2.43. The molecule has 0 unspecified atom stereocenters. The maximum absolute atomic E-state index is 10.7. The van der Waals surface area contributed by atoms with Crippen molar-refractivity contribution in [2.45, 2.75) is 39.0 Å². The average molecular weight is 395 g/mol. The molecule has 0 radical (unpaired) electrons. The summed E-state index contributed by atoms with van der Waals surface area (Å²) in [7, 11) is 0. The molecule has 5 nitrogen and oxygen atoms in total. The lowest BCUT2D eigenvalue weighted by molar-refractivity contribution is -0.107. The normalized spacial score (nSPS) is 17.6. The van der Waals surface area contributed by atoms with E-state index < -0.39 is 0 Å². The summed E-state index contributed by atoms with van der Waals surface area (Å²) in [6.45, 7) is 11.1. The summed E-state index contributed by atoms with van der Waals surface area (Å²) in [6.07, 6.45) is 6.27. The second-order valence-electron chi connectivity index (χ2n) is 7.56. The number of piperazine rings is 1. The molecule has 0 aromatic heterocycles. The van der Waals surface area contributed by atoms with Gasteiger partial charge < -0.3 is 25.2 Å². The van der Waals surface area contributed by atoms with E-state index in [1.807, 2.05) is 0 Å². The van der Waals surface area contributed by atoms with E-state index in [0.29, 0.717) is 6.42 Å². The summed E-state index contributed by atoms with van der Waals surface area (Å²) in [5.74, 6) is 0. The van der Waals surface area contributed by atoms with Gasteiger partial charge in [-0.1, -0.05) is 0 Å². The van der Waals surface area contributed by atoms with Crippen LogP contribution in [0.1, 0.15) is 36.8 Å². The number of halogens is 1. The third-order valence-electron chi connectivity index (χ3n) is 5.63. The molecule has 0 spiro atoms. The third-order valence-corrected chi connectivity index (χ3v) is 5.63. The first-order valence-corrected chi connectivity index (χ1v) is 10.3. The van der Waals surface area contributed by atoms with Gasteiger partial charge in [0.05, 0.1) is 0 Å². The van der Waals surface area contributed by atoms with Gasteiger partial charge in [0, 0.05) is 57.1 Å². The highest BCUT2D eigenvalue weighted by atomic mass is 35.5. The zero-order valence-electron chi connectivity index (χ0n) is 16.6. The van der Waals surface area contributed by atoms with Crippen LogP contribution >= 0.6 is 12.4 Å². The van der Waals surface area contributed by atoms with E-state index in [4.69, 9.17) is 0 Å². The molecular formula is C21H35ClN4O. The van der Waals surface area contributed by atoms with Crippen LogP contribution in [0.25, 0.3) is 0 Å². The largest absolute Gasteiger partial charge is 0.383 e. The monoisotopic (exact) mass is 394 g/mol. The van der Waals surface area contributed by atoms with Crippen LogP contribution in [0.5, 0.6) is 0 Å². The Morgan fingerprint density at radius 3 is 2.59 bits per heavy atom. The lowest BCUT2D eigenvalue weighted by Gasteiger charge is -2.32. The molecule has 0 amide bonds. The van der Waals surface area contributed by atoms with Crippen molar-refractivity contribution >= 4 is 30.1 Å². The van der Waals surface area contributed by atoms with Gasteiger partial charge >= 0.3 is 0 Å². The molecule has 0 aliphatic carbocycles. The van der Waals surface area contributed by atoms with Gasteiger partial charge in [0.25, 0.3) is 0 Å². The van der Waals surface area contributed by atoms with E-state index in [-0.39, 0.29) is 12.4 Å². The molecule has 2 aliphatic heterocycles. The molecule has 0 atom stereocenters. The fourth-order valence-electron chi connectivity index (χ4n) is 4.06. The van der Waals surface area contributed by atoms with Crippen molar-refractivity contribution in [3.8, 4) is 0 Å². The van der Waals surface area contributed by atoms with E-state index >= 15 is 0 Å². The second-order valence-corrected chi connectivity index (χ2v) is 7.56. The van der Waals surface area contributed by atoms with Crippen molar-refractivity contribution in [2.24, 2.45) is 0 Å². The van der Waals surface area contributed by atoms with Gasteiger partial charge in [-0.2, -0.15) is 0 Å². The van der Waals surface area contributed by atoms with E-state index in [1.54, 1.807) is 0 Å². The number of nitrogens with zero attached hydrogens (tertiary/aromatic N) is 2. The van der Waals surface area contributed by atoms with Crippen LogP contribution in [-0.2, 0) is 11.2 Å². The van der Waals surface area contributed by atoms with Crippen LogP contribution < -0.4 is 15.5 Å². The van der Waals surface area contributed by atoms with Crippen LogP contribution in [0.3, 0.4) is 0 Å². The zero-order chi connectivity index (χ0) is 18.2. The number of benzene rings is 1. The standard InChI is InChI=1S/C21H34N4O.ClH/c1-18-20(23-9-12-24-10-3-4-11-24)16-19(6-2-5-15-26)17-21(18)25-13-7-22-8-14-25;/h15-17,22-23H,2-14H2,1H3;1H. The fourth-order valence-corrected chi connectivity index (χ4v) is 4.06. The molecule has 0 saturated carbocycles. The summed E-state index contributed by atoms with van der Waals surface area (Å²) in [6, 6.07) is 4.65. The SMILES string of the molecule is Cc1c(NCCN2CCCC2)cc(CCCC=O)cc1N1CCNCC1.Cl. The molecule has 2 aliphatic rings. The number of hydrogen-bond acceptors (Lipinski definition) is 5. The zero-order valence-corrected chi connectivity index (χ0v) is 17.5. The van der Waals surface area contributed by atoms with Crippen LogP contribution in [-0.4, -0.2) is 63.5 Å². The number of carbonyl (C=O) groups excluding carboxylic acids is 1. The van der Waals surface area contributed by atoms with Gasteiger partial charge in [-0.05, 0) is 69.0 Å². The van der Waals surface area contributed by atoms with Gasteiger partial charge in [0.1, 0.15) is 6.29 Å². The highest BCUT2D eigenvalue weighted by Crippen LogP contribution is 2.30. The van der Waals surface area contributed by atoms with Gasteiger partial charge in [-0.25, -0.2) is 0 Å². The highest BCUT2D eigenvalue weighted by Gasteiger charge is 2.16. The first kappa shape index (κ1) is 22.0. The van der Waals surface area contributed by atoms with Gasteiger partial charge in [-0.3, -0.25) is 0 Å². The Labute approximate surface area is 170 Å². The molecule has 2 N–H and O–H groups in total. The Kier molecular flexibility index (Phi) is 9.39. The Bertz CT molecular complexity index is 584. The van der Waals surface area contributed by atoms with Crippen molar-refractivity contribution < 1.29 is 4.79 Å². The molecule has 0 bridgehead atoms. The molecule has 27 heavy (non-hydrogen) atoms. The number of nitrogens with one attached hydrogen (secondary N) is 2. The summed E-state index contributed by atoms with van der Waals surface area (Å²) in [4.78, 5) is 15.7. The first-order chi connectivity index (χ1) is 12.8. The number of unbranched alkanes of at least 4 members (excludes halogenated alkanes) is 1. The topological polar surface area (TPSA) is 47.6 Å². The van der Waals surface area contributed by atoms with E-state index in [2.05, 4.69) is 39.5 Å². The summed E-state index contributed by atoms with van der Waals surface area (Å²) in [5, 5.41) is 7.14. The molecule has 2 saturated heterocycles. The minimum absolute atomic E-state index is 0. The van der Waals surface area contributed by atoms with Crippen molar-refractivity contribution in [3.05, 3.63) is 23.3 Å². The van der Waals surface area contributed by atoms with Gasteiger partial charge in [-0.15, -0.1) is 12.4 Å². The number of aryl methyl sites for hydroxylation is 1. The Balaban J connectivity index is 0.00000261. The van der Waals surface area contributed by atoms with Gasteiger partial charge in [0.15, 0.2) is 0 Å². The fraction of sp³-hybridized carbons (Fsp3) is 0.667. The van der Waals surface area contributed by atoms with E-state index in [0.717, 1.165) is 58.4 Å². The van der Waals surface area contributed by atoms with Crippen molar-refractivity contribution in [1.29, 1.82) is 0 Å². The highest BCUT2D eigenvalue weighted by molar-refractivity contribution is 5.85. The molecule has 1 aromatic carbocycles. The second kappa shape index (κ2) is 11.5. The third kappa shape index (κ3) is 6.37. The molecule has 1 aromatic rings. The van der Waals surface area contributed by atoms with Crippen LogP contribution in [0, 0.1) is 6.92 Å². The van der Waals surface area contributed by atoms with Crippen LogP contribution in [0.15, 0.2) is 12.1 Å². The minimum atomic E-state index is 0. The van der Waals surface area contributed by atoms with Crippen LogP contribution in [0.2, 0.25) is 0 Å². The smallest absolute Gasteiger partial charge is 0.120 e. The molecule has 6 heteroatoms. The number of rotatable bonds is 9. The summed E-state index contributed by atoms with van der Waals surface area (Å²) < 4.78 is 0. The quantitative estimate of drug-likeness (QED) is 0.498. The summed E-state index contributed by atoms with van der Waals surface area (Å²) >= 11 is 0. The first-order valence-electron chi connectivity index (χ1n) is 10.3. The van der Waals surface area contributed by atoms with Crippen molar-refractivity contribution in [3.63, 3.8) is 0 Å². The Morgan fingerprint density at radius 2 is 1.89 bits per heavy atom. The minimum Gasteiger partial charge on any atom is -0.383 e. The lowest BCUT2D eigenvalue weighted by atomic mass is 10.0. The van der Waals surface area contributed by atoms with E-state index in [9.17, 15) is 4.79 Å². The number of hydrogen-bond donors (Lipinski definition) is 2. The average Bonchev–Trinajstić information content (AvgIpc) is 3.18. The Morgan fingerprint density at radius 1 is 1.15 bits per heavy atom. The predicted octanol–water partition coefficient (Wildman–Crippen LogP) is 2.86. The Hall–Kier alpha value is -1.30. The van der Waals surface area contributed by atoms with Crippen LogP contribution in [0.4, 0.5) is 11.4 Å². The molecule has 152 valence electrons. The van der Waals surface area contributed by atoms with Crippen molar-refractivity contribution in [2.75, 3.05) is 62.6 Å². The molecule has 2 fully saturated rings. The summed E-state index contributed by atoms with van der Waals surface area (Å²) in [5.41, 5.74) is 5.32. The predicted molar refractivity (Wildman–Crippen MR) is 117 cm³/mol. The maximum atomic E-state index is 10.7.